The standard InChI is InChI=1S/C21H44O4S.K/c1-2-3-4-15-18-21(22)19-16-13-11-9-7-5-6-8-10-12-14-17-20-26(23,24)25;/h21-22H,2-20H2,1H3,(H,23,24,25);/q;+1/p-1. The molecule has 0 fully saturated rings. The van der Waals surface area contributed by atoms with Crippen LogP contribution in [0.5, 0.6) is 0 Å². The molecule has 0 aromatic heterocycles. The molecule has 1 N–H and O–H groups in total. The first-order valence-corrected chi connectivity index (χ1v) is 12.6. The van der Waals surface area contributed by atoms with E-state index in [2.05, 4.69) is 6.92 Å². The van der Waals surface area contributed by atoms with Gasteiger partial charge in [0.2, 0.25) is 0 Å². The summed E-state index contributed by atoms with van der Waals surface area (Å²) in [7, 11) is -4.01. The van der Waals surface area contributed by atoms with Crippen molar-refractivity contribution in [2.75, 3.05) is 5.75 Å². The SMILES string of the molecule is CCCCCCC(O)CCCCCCCCCCCCCCS(=O)(=O)[O-].[K+]. The molecule has 0 radical (unpaired) electrons. The Hall–Kier alpha value is 1.51. The van der Waals surface area contributed by atoms with Crippen molar-refractivity contribution in [2.45, 2.75) is 129 Å². The van der Waals surface area contributed by atoms with Gasteiger partial charge in [-0.15, -0.1) is 0 Å². The Kier molecular flexibility index (Phi) is 25.2. The molecule has 0 saturated heterocycles. The maximum Gasteiger partial charge on any atom is 1.00 e. The van der Waals surface area contributed by atoms with Crippen molar-refractivity contribution >= 4 is 10.1 Å². The van der Waals surface area contributed by atoms with Crippen LogP contribution in [0.4, 0.5) is 0 Å². The number of unbranched alkanes of at least 4 members (excludes halogenated alkanes) is 14. The molecule has 0 saturated carbocycles. The fraction of sp³-hybridized carbons (Fsp3) is 1.00. The minimum Gasteiger partial charge on any atom is -0.748 e. The van der Waals surface area contributed by atoms with E-state index in [0.717, 1.165) is 38.5 Å². The van der Waals surface area contributed by atoms with Crippen LogP contribution in [-0.4, -0.2) is 29.9 Å². The van der Waals surface area contributed by atoms with E-state index in [-0.39, 0.29) is 63.2 Å². The van der Waals surface area contributed by atoms with Crippen molar-refractivity contribution in [3.8, 4) is 0 Å². The zero-order valence-electron chi connectivity index (χ0n) is 18.1. The van der Waals surface area contributed by atoms with Crippen molar-refractivity contribution < 1.29 is 69.5 Å². The smallest absolute Gasteiger partial charge is 0.748 e. The van der Waals surface area contributed by atoms with Gasteiger partial charge < -0.3 is 9.66 Å². The predicted molar refractivity (Wildman–Crippen MR) is 109 cm³/mol. The molecular formula is C21H43KO4S. The molecule has 0 aromatic rings. The van der Waals surface area contributed by atoms with Crippen LogP contribution in [0.1, 0.15) is 122 Å². The molecule has 0 aromatic carbocycles. The van der Waals surface area contributed by atoms with Crippen molar-refractivity contribution in [1.29, 1.82) is 0 Å². The fourth-order valence-electron chi connectivity index (χ4n) is 3.38. The van der Waals surface area contributed by atoms with Crippen molar-refractivity contribution in [3.05, 3.63) is 0 Å². The van der Waals surface area contributed by atoms with E-state index in [1.165, 1.54) is 70.6 Å². The van der Waals surface area contributed by atoms with Gasteiger partial charge in [0.05, 0.1) is 16.2 Å². The average molecular weight is 431 g/mol. The van der Waals surface area contributed by atoms with E-state index >= 15 is 0 Å². The Labute approximate surface area is 211 Å². The van der Waals surface area contributed by atoms with Crippen LogP contribution in [0.15, 0.2) is 0 Å². The summed E-state index contributed by atoms with van der Waals surface area (Å²) in [6, 6.07) is 0. The van der Waals surface area contributed by atoms with Crippen molar-refractivity contribution in [3.63, 3.8) is 0 Å². The second-order valence-corrected chi connectivity index (χ2v) is 9.32. The van der Waals surface area contributed by atoms with Gasteiger partial charge in [0.25, 0.3) is 0 Å². The molecule has 1 atom stereocenters. The minimum absolute atomic E-state index is 0. The minimum atomic E-state index is -4.01. The first-order valence-electron chi connectivity index (χ1n) is 11.1. The molecule has 0 rings (SSSR count). The quantitative estimate of drug-likeness (QED) is 0.183. The van der Waals surface area contributed by atoms with Gasteiger partial charge in [0.15, 0.2) is 0 Å². The molecule has 0 bridgehead atoms. The van der Waals surface area contributed by atoms with Crippen LogP contribution in [-0.2, 0) is 10.1 Å². The van der Waals surface area contributed by atoms with E-state index in [4.69, 9.17) is 0 Å². The molecule has 0 aliphatic heterocycles. The van der Waals surface area contributed by atoms with Crippen molar-refractivity contribution in [1.82, 2.24) is 0 Å². The monoisotopic (exact) mass is 430 g/mol. The number of hydrogen-bond donors (Lipinski definition) is 1. The third kappa shape index (κ3) is 27.5. The van der Waals surface area contributed by atoms with Crippen LogP contribution in [0, 0.1) is 0 Å². The molecule has 6 heteroatoms. The first-order chi connectivity index (χ1) is 12.5. The largest absolute Gasteiger partial charge is 1.00 e. The summed E-state index contributed by atoms with van der Waals surface area (Å²) in [6.07, 6.45) is 20.5. The number of aliphatic hydroxyl groups excluding tert-OH is 1. The molecule has 0 heterocycles. The molecular weight excluding hydrogens is 387 g/mol. The summed E-state index contributed by atoms with van der Waals surface area (Å²) >= 11 is 0. The molecule has 0 spiro atoms. The summed E-state index contributed by atoms with van der Waals surface area (Å²) in [5.74, 6) is -0.205. The van der Waals surface area contributed by atoms with E-state index in [1.807, 2.05) is 0 Å². The normalized spacial score (nSPS) is 12.7. The summed E-state index contributed by atoms with van der Waals surface area (Å²) in [6.45, 7) is 2.21. The maximum absolute atomic E-state index is 10.5. The summed E-state index contributed by atoms with van der Waals surface area (Å²) in [4.78, 5) is 0. The number of rotatable bonds is 20. The van der Waals surface area contributed by atoms with Gasteiger partial charge in [-0.3, -0.25) is 0 Å². The second-order valence-electron chi connectivity index (χ2n) is 7.80. The van der Waals surface area contributed by atoms with Crippen LogP contribution in [0.3, 0.4) is 0 Å². The summed E-state index contributed by atoms with van der Waals surface area (Å²) in [5.41, 5.74) is 0. The number of aliphatic hydroxyl groups is 1. The van der Waals surface area contributed by atoms with Gasteiger partial charge in [-0.25, -0.2) is 8.42 Å². The van der Waals surface area contributed by atoms with E-state index in [1.54, 1.807) is 0 Å². The molecule has 158 valence electrons. The molecule has 27 heavy (non-hydrogen) atoms. The van der Waals surface area contributed by atoms with E-state index in [9.17, 15) is 18.1 Å². The van der Waals surface area contributed by atoms with E-state index < -0.39 is 10.1 Å². The molecule has 0 aliphatic rings. The zero-order chi connectivity index (χ0) is 19.5. The van der Waals surface area contributed by atoms with Crippen LogP contribution < -0.4 is 51.4 Å². The Morgan fingerprint density at radius 1 is 0.667 bits per heavy atom. The molecule has 4 nitrogen and oxygen atoms in total. The Balaban J connectivity index is 0. The van der Waals surface area contributed by atoms with Gasteiger partial charge >= 0.3 is 51.4 Å². The zero-order valence-corrected chi connectivity index (χ0v) is 22.0. The second kappa shape index (κ2) is 22.2. The fourth-order valence-corrected chi connectivity index (χ4v) is 3.94. The molecule has 0 amide bonds. The Morgan fingerprint density at radius 3 is 1.37 bits per heavy atom. The molecule has 0 aliphatic carbocycles. The van der Waals surface area contributed by atoms with Crippen molar-refractivity contribution in [2.24, 2.45) is 0 Å². The predicted octanol–water partition coefficient (Wildman–Crippen LogP) is 2.94. The van der Waals surface area contributed by atoms with E-state index in [0.29, 0.717) is 6.42 Å². The number of hydrogen-bond acceptors (Lipinski definition) is 4. The summed E-state index contributed by atoms with van der Waals surface area (Å²) < 4.78 is 31.4. The van der Waals surface area contributed by atoms with Gasteiger partial charge in [0.1, 0.15) is 0 Å². The topological polar surface area (TPSA) is 77.4 Å². The average Bonchev–Trinajstić information content (AvgIpc) is 2.58. The van der Waals surface area contributed by atoms with Gasteiger partial charge in [-0.1, -0.05) is 103 Å². The van der Waals surface area contributed by atoms with Gasteiger partial charge in [-0.05, 0) is 19.3 Å². The maximum atomic E-state index is 10.5. The van der Waals surface area contributed by atoms with Gasteiger partial charge in [0, 0.05) is 5.75 Å². The molecule has 1 unspecified atom stereocenters. The van der Waals surface area contributed by atoms with Crippen LogP contribution in [0.2, 0.25) is 0 Å². The first kappa shape index (κ1) is 30.7. The Morgan fingerprint density at radius 2 is 1.00 bits per heavy atom. The van der Waals surface area contributed by atoms with Crippen LogP contribution in [0.25, 0.3) is 0 Å². The van der Waals surface area contributed by atoms with Gasteiger partial charge in [-0.2, -0.15) is 0 Å². The third-order valence-electron chi connectivity index (χ3n) is 5.07. The van der Waals surface area contributed by atoms with Crippen LogP contribution >= 0.6 is 0 Å². The summed E-state index contributed by atoms with van der Waals surface area (Å²) in [5, 5.41) is 9.92. The Bertz CT molecular complexity index is 388. The third-order valence-corrected chi connectivity index (χ3v) is 5.86.